The van der Waals surface area contributed by atoms with Gasteiger partial charge in [-0.15, -0.1) is 0 Å². The lowest BCUT2D eigenvalue weighted by atomic mass is 10.0. The summed E-state index contributed by atoms with van der Waals surface area (Å²) in [6.45, 7) is 4.90. The Balaban J connectivity index is 2.86. The smallest absolute Gasteiger partial charge is 0.130 e. The van der Waals surface area contributed by atoms with Gasteiger partial charge in [0.15, 0.2) is 0 Å². The van der Waals surface area contributed by atoms with E-state index in [1.807, 2.05) is 13.8 Å². The second-order valence-corrected chi connectivity index (χ2v) is 4.23. The average molecular weight is 228 g/mol. The van der Waals surface area contributed by atoms with Gasteiger partial charge in [-0.3, -0.25) is 0 Å². The first-order chi connectivity index (χ1) is 7.56. The Hall–Kier alpha value is -1.00. The van der Waals surface area contributed by atoms with Gasteiger partial charge in [0.05, 0.1) is 6.04 Å². The molecule has 16 heavy (non-hydrogen) atoms. The molecule has 0 aliphatic carbocycles. The molecular weight excluding hydrogens is 210 g/mol. The van der Waals surface area contributed by atoms with Crippen molar-refractivity contribution in [2.45, 2.75) is 19.9 Å². The minimum Gasteiger partial charge on any atom is -0.329 e. The zero-order valence-electron chi connectivity index (χ0n) is 9.63. The van der Waals surface area contributed by atoms with E-state index in [4.69, 9.17) is 5.73 Å². The van der Waals surface area contributed by atoms with Gasteiger partial charge in [0, 0.05) is 12.1 Å². The first-order valence-electron chi connectivity index (χ1n) is 5.43. The number of rotatable bonds is 5. The lowest BCUT2D eigenvalue weighted by Gasteiger charge is -2.19. The van der Waals surface area contributed by atoms with Crippen molar-refractivity contribution in [3.63, 3.8) is 0 Å². The average Bonchev–Trinajstić information content (AvgIpc) is 2.22. The largest absolute Gasteiger partial charge is 0.329 e. The Morgan fingerprint density at radius 3 is 2.25 bits per heavy atom. The molecule has 0 saturated heterocycles. The Morgan fingerprint density at radius 1 is 1.25 bits per heavy atom. The lowest BCUT2D eigenvalue weighted by molar-refractivity contribution is 0.442. The summed E-state index contributed by atoms with van der Waals surface area (Å²) in [6, 6.07) is 3.38. The molecule has 4 heteroatoms. The molecular formula is C12H18F2N2. The van der Waals surface area contributed by atoms with Crippen LogP contribution in [0.1, 0.15) is 25.5 Å². The van der Waals surface area contributed by atoms with Gasteiger partial charge in [-0.05, 0) is 24.6 Å². The fraction of sp³-hybridized carbons (Fsp3) is 0.500. The summed E-state index contributed by atoms with van der Waals surface area (Å²) < 4.78 is 27.0. The molecule has 0 aromatic heterocycles. The van der Waals surface area contributed by atoms with E-state index < -0.39 is 17.7 Å². The Morgan fingerprint density at radius 2 is 1.81 bits per heavy atom. The number of hydrogen-bond donors (Lipinski definition) is 2. The molecule has 0 amide bonds. The van der Waals surface area contributed by atoms with Gasteiger partial charge in [0.2, 0.25) is 0 Å². The minimum atomic E-state index is -0.549. The third kappa shape index (κ3) is 3.25. The molecule has 0 bridgehead atoms. The summed E-state index contributed by atoms with van der Waals surface area (Å²) in [5.74, 6) is -0.692. The van der Waals surface area contributed by atoms with Crippen molar-refractivity contribution < 1.29 is 8.78 Å². The molecule has 3 N–H and O–H groups in total. The van der Waals surface area contributed by atoms with E-state index >= 15 is 0 Å². The van der Waals surface area contributed by atoms with Gasteiger partial charge in [0.1, 0.15) is 11.6 Å². The third-order valence-electron chi connectivity index (χ3n) is 2.36. The van der Waals surface area contributed by atoms with Crippen LogP contribution in [0, 0.1) is 17.6 Å². The maximum absolute atomic E-state index is 13.5. The number of hydrogen-bond acceptors (Lipinski definition) is 2. The molecule has 0 radical (unpaired) electrons. The van der Waals surface area contributed by atoms with Crippen LogP contribution >= 0.6 is 0 Å². The molecule has 0 heterocycles. The standard InChI is InChI=1S/C12H18F2N2/c1-8(2)7-16-11(6-15)12-9(13)4-3-5-10(12)14/h3-5,8,11,16H,6-7,15H2,1-2H3. The fourth-order valence-corrected chi connectivity index (χ4v) is 1.52. The van der Waals surface area contributed by atoms with Crippen LogP contribution in [0.25, 0.3) is 0 Å². The van der Waals surface area contributed by atoms with Gasteiger partial charge in [-0.2, -0.15) is 0 Å². The highest BCUT2D eigenvalue weighted by atomic mass is 19.1. The maximum Gasteiger partial charge on any atom is 0.130 e. The monoisotopic (exact) mass is 228 g/mol. The van der Waals surface area contributed by atoms with Gasteiger partial charge in [-0.1, -0.05) is 19.9 Å². The highest BCUT2D eigenvalue weighted by Gasteiger charge is 2.18. The van der Waals surface area contributed by atoms with Crippen molar-refractivity contribution in [3.05, 3.63) is 35.4 Å². The summed E-state index contributed by atoms with van der Waals surface area (Å²) in [7, 11) is 0. The second-order valence-electron chi connectivity index (χ2n) is 4.23. The zero-order valence-corrected chi connectivity index (χ0v) is 9.63. The van der Waals surface area contributed by atoms with Crippen LogP contribution in [0.3, 0.4) is 0 Å². The van der Waals surface area contributed by atoms with E-state index in [2.05, 4.69) is 5.32 Å². The van der Waals surface area contributed by atoms with Gasteiger partial charge in [0.25, 0.3) is 0 Å². The van der Waals surface area contributed by atoms with E-state index in [0.29, 0.717) is 12.5 Å². The first-order valence-corrected chi connectivity index (χ1v) is 5.43. The quantitative estimate of drug-likeness (QED) is 0.811. The summed E-state index contributed by atoms with van der Waals surface area (Å²) in [4.78, 5) is 0. The maximum atomic E-state index is 13.5. The normalized spacial score (nSPS) is 13.1. The molecule has 1 unspecified atom stereocenters. The van der Waals surface area contributed by atoms with E-state index in [0.717, 1.165) is 0 Å². The Labute approximate surface area is 94.8 Å². The number of nitrogens with two attached hydrogens (primary N) is 1. The highest BCUT2D eigenvalue weighted by Crippen LogP contribution is 2.20. The summed E-state index contributed by atoms with van der Waals surface area (Å²) >= 11 is 0. The van der Waals surface area contributed by atoms with Crippen molar-refractivity contribution in [1.29, 1.82) is 0 Å². The minimum absolute atomic E-state index is 0.0330. The zero-order chi connectivity index (χ0) is 12.1. The first kappa shape index (κ1) is 13.1. The molecule has 1 atom stereocenters. The van der Waals surface area contributed by atoms with Crippen molar-refractivity contribution >= 4 is 0 Å². The van der Waals surface area contributed by atoms with E-state index in [1.54, 1.807) is 0 Å². The molecule has 1 aromatic rings. The van der Waals surface area contributed by atoms with E-state index in [1.165, 1.54) is 18.2 Å². The molecule has 2 nitrogen and oxygen atoms in total. The van der Waals surface area contributed by atoms with Crippen LogP contribution in [-0.2, 0) is 0 Å². The van der Waals surface area contributed by atoms with Gasteiger partial charge in [-0.25, -0.2) is 8.78 Å². The molecule has 1 rings (SSSR count). The van der Waals surface area contributed by atoms with Crippen molar-refractivity contribution in [2.24, 2.45) is 11.7 Å². The molecule has 90 valence electrons. The number of nitrogens with one attached hydrogen (secondary N) is 1. The van der Waals surface area contributed by atoms with Crippen molar-refractivity contribution in [3.8, 4) is 0 Å². The molecule has 0 aliphatic rings. The molecule has 0 aliphatic heterocycles. The Bertz CT molecular complexity index is 320. The molecule has 0 fully saturated rings. The summed E-state index contributed by atoms with van der Waals surface area (Å²) in [6.07, 6.45) is 0. The molecule has 1 aromatic carbocycles. The summed E-state index contributed by atoms with van der Waals surface area (Å²) in [5, 5.41) is 3.06. The van der Waals surface area contributed by atoms with Gasteiger partial charge < -0.3 is 11.1 Å². The van der Waals surface area contributed by atoms with E-state index in [-0.39, 0.29) is 12.1 Å². The topological polar surface area (TPSA) is 38.0 Å². The van der Waals surface area contributed by atoms with Crippen LogP contribution in [0.2, 0.25) is 0 Å². The lowest BCUT2D eigenvalue weighted by Crippen LogP contribution is -2.32. The number of benzene rings is 1. The van der Waals surface area contributed by atoms with Crippen molar-refractivity contribution in [1.82, 2.24) is 5.32 Å². The number of halogens is 2. The van der Waals surface area contributed by atoms with Crippen LogP contribution in [0.15, 0.2) is 18.2 Å². The van der Waals surface area contributed by atoms with Crippen LogP contribution in [0.4, 0.5) is 8.78 Å². The third-order valence-corrected chi connectivity index (χ3v) is 2.36. The fourth-order valence-electron chi connectivity index (χ4n) is 1.52. The van der Waals surface area contributed by atoms with E-state index in [9.17, 15) is 8.78 Å². The predicted molar refractivity (Wildman–Crippen MR) is 61.0 cm³/mol. The Kier molecular flexibility index (Phi) is 4.83. The predicted octanol–water partition coefficient (Wildman–Crippen LogP) is 2.21. The molecule has 0 saturated carbocycles. The second kappa shape index (κ2) is 5.92. The highest BCUT2D eigenvalue weighted by molar-refractivity contribution is 5.23. The van der Waals surface area contributed by atoms with Crippen LogP contribution in [-0.4, -0.2) is 13.1 Å². The van der Waals surface area contributed by atoms with Gasteiger partial charge >= 0.3 is 0 Å². The summed E-state index contributed by atoms with van der Waals surface area (Å²) in [5.41, 5.74) is 5.57. The molecule has 0 spiro atoms. The van der Waals surface area contributed by atoms with Crippen LogP contribution < -0.4 is 11.1 Å². The van der Waals surface area contributed by atoms with Crippen molar-refractivity contribution in [2.75, 3.05) is 13.1 Å². The SMILES string of the molecule is CC(C)CNC(CN)c1c(F)cccc1F. The van der Waals surface area contributed by atoms with Crippen LogP contribution in [0.5, 0.6) is 0 Å².